The SMILES string of the molecule is Clc1ccc(Cl)c(Sc2cc(Cl)nc3ncnn23)c1. The normalized spacial score (nSPS) is 11.1. The van der Waals surface area contributed by atoms with Gasteiger partial charge in [-0.2, -0.15) is 19.6 Å². The van der Waals surface area contributed by atoms with Crippen molar-refractivity contribution in [1.29, 1.82) is 0 Å². The summed E-state index contributed by atoms with van der Waals surface area (Å²) in [5, 5.41) is 6.42. The molecule has 1 aromatic carbocycles. The van der Waals surface area contributed by atoms with Gasteiger partial charge in [0.15, 0.2) is 0 Å². The van der Waals surface area contributed by atoms with Crippen molar-refractivity contribution in [2.75, 3.05) is 0 Å². The van der Waals surface area contributed by atoms with Gasteiger partial charge in [0.05, 0.1) is 5.02 Å². The highest BCUT2D eigenvalue weighted by Gasteiger charge is 2.10. The molecule has 0 spiro atoms. The fourth-order valence-electron chi connectivity index (χ4n) is 1.50. The first-order valence-electron chi connectivity index (χ1n) is 5.13. The monoisotopic (exact) mass is 330 g/mol. The lowest BCUT2D eigenvalue weighted by Crippen LogP contribution is -1.95. The van der Waals surface area contributed by atoms with Crippen LogP contribution in [0.1, 0.15) is 0 Å². The van der Waals surface area contributed by atoms with Crippen molar-refractivity contribution in [3.63, 3.8) is 0 Å². The molecule has 3 aromatic rings. The maximum absolute atomic E-state index is 6.14. The molecule has 96 valence electrons. The highest BCUT2D eigenvalue weighted by Crippen LogP contribution is 2.35. The van der Waals surface area contributed by atoms with Crippen molar-refractivity contribution in [2.24, 2.45) is 0 Å². The molecule has 2 heterocycles. The van der Waals surface area contributed by atoms with Gasteiger partial charge in [-0.15, -0.1) is 0 Å². The van der Waals surface area contributed by atoms with E-state index in [1.807, 2.05) is 0 Å². The summed E-state index contributed by atoms with van der Waals surface area (Å²) >= 11 is 19.5. The lowest BCUT2D eigenvalue weighted by Gasteiger charge is -2.06. The van der Waals surface area contributed by atoms with E-state index in [9.17, 15) is 0 Å². The lowest BCUT2D eigenvalue weighted by atomic mass is 10.4. The Hall–Kier alpha value is -1.01. The van der Waals surface area contributed by atoms with Crippen molar-refractivity contribution < 1.29 is 0 Å². The summed E-state index contributed by atoms with van der Waals surface area (Å²) in [4.78, 5) is 8.88. The molecule has 0 aliphatic rings. The van der Waals surface area contributed by atoms with Crippen LogP contribution in [0.5, 0.6) is 0 Å². The molecule has 0 amide bonds. The quantitative estimate of drug-likeness (QED) is 0.659. The summed E-state index contributed by atoms with van der Waals surface area (Å²) < 4.78 is 1.59. The third-order valence-corrected chi connectivity index (χ3v) is 4.22. The van der Waals surface area contributed by atoms with Crippen molar-refractivity contribution in [3.8, 4) is 0 Å². The van der Waals surface area contributed by atoms with Crippen LogP contribution in [-0.2, 0) is 0 Å². The number of benzene rings is 1. The van der Waals surface area contributed by atoms with Gasteiger partial charge in [0.2, 0.25) is 0 Å². The van der Waals surface area contributed by atoms with Crippen LogP contribution in [0.2, 0.25) is 15.2 Å². The Kier molecular flexibility index (Phi) is 3.54. The van der Waals surface area contributed by atoms with Gasteiger partial charge in [0.25, 0.3) is 5.78 Å². The van der Waals surface area contributed by atoms with Gasteiger partial charge >= 0.3 is 0 Å². The minimum atomic E-state index is 0.348. The molecule has 4 nitrogen and oxygen atoms in total. The summed E-state index contributed by atoms with van der Waals surface area (Å²) in [6, 6.07) is 6.96. The van der Waals surface area contributed by atoms with E-state index in [-0.39, 0.29) is 0 Å². The standard InChI is InChI=1S/C11H5Cl3N4S/c12-6-1-2-7(13)8(3-6)19-10-4-9(14)17-11-15-5-16-18(10)11/h1-5H. The van der Waals surface area contributed by atoms with Crippen molar-refractivity contribution in [1.82, 2.24) is 19.6 Å². The molecule has 0 radical (unpaired) electrons. The van der Waals surface area contributed by atoms with Gasteiger partial charge in [0, 0.05) is 16.0 Å². The van der Waals surface area contributed by atoms with Crippen LogP contribution in [0.15, 0.2) is 40.5 Å². The van der Waals surface area contributed by atoms with Gasteiger partial charge in [-0.1, -0.05) is 46.6 Å². The van der Waals surface area contributed by atoms with Gasteiger partial charge in [-0.3, -0.25) is 0 Å². The Morgan fingerprint density at radius 3 is 2.79 bits per heavy atom. The molecule has 0 unspecified atom stereocenters. The van der Waals surface area contributed by atoms with Crippen molar-refractivity contribution >= 4 is 52.3 Å². The number of nitrogens with zero attached hydrogens (tertiary/aromatic N) is 4. The number of hydrogen-bond acceptors (Lipinski definition) is 4. The Balaban J connectivity index is 2.10. The minimum absolute atomic E-state index is 0.348. The molecule has 0 N–H and O–H groups in total. The van der Waals surface area contributed by atoms with Crippen LogP contribution in [0.25, 0.3) is 5.78 Å². The summed E-state index contributed by atoms with van der Waals surface area (Å²) in [7, 11) is 0. The van der Waals surface area contributed by atoms with Gasteiger partial charge in [-0.05, 0) is 18.2 Å². The van der Waals surface area contributed by atoms with E-state index in [2.05, 4.69) is 15.1 Å². The van der Waals surface area contributed by atoms with Crippen LogP contribution in [0.3, 0.4) is 0 Å². The molecule has 0 aliphatic heterocycles. The second kappa shape index (κ2) is 5.17. The molecule has 2 aromatic heterocycles. The molecule has 0 bridgehead atoms. The second-order valence-corrected chi connectivity index (χ2v) is 5.86. The van der Waals surface area contributed by atoms with Crippen molar-refractivity contribution in [2.45, 2.75) is 9.92 Å². The largest absolute Gasteiger partial charge is 0.254 e. The average molecular weight is 332 g/mol. The zero-order valence-corrected chi connectivity index (χ0v) is 12.3. The lowest BCUT2D eigenvalue weighted by molar-refractivity contribution is 0.842. The van der Waals surface area contributed by atoms with Gasteiger partial charge in [-0.25, -0.2) is 0 Å². The molecule has 0 saturated heterocycles. The van der Waals surface area contributed by atoms with Crippen LogP contribution < -0.4 is 0 Å². The molecule has 0 aliphatic carbocycles. The minimum Gasteiger partial charge on any atom is -0.199 e. The van der Waals surface area contributed by atoms with E-state index in [0.29, 0.717) is 21.0 Å². The number of rotatable bonds is 2. The fraction of sp³-hybridized carbons (Fsp3) is 0. The topological polar surface area (TPSA) is 43.1 Å². The summed E-state index contributed by atoms with van der Waals surface area (Å²) in [5.41, 5.74) is 0. The van der Waals surface area contributed by atoms with Crippen molar-refractivity contribution in [3.05, 3.63) is 45.8 Å². The highest BCUT2D eigenvalue weighted by atomic mass is 35.5. The van der Waals surface area contributed by atoms with E-state index in [4.69, 9.17) is 34.8 Å². The van der Waals surface area contributed by atoms with Crippen LogP contribution in [0, 0.1) is 0 Å². The maximum Gasteiger partial charge on any atom is 0.254 e. The number of aromatic nitrogens is 4. The third kappa shape index (κ3) is 2.65. The Morgan fingerprint density at radius 2 is 1.95 bits per heavy atom. The maximum atomic E-state index is 6.14. The van der Waals surface area contributed by atoms with E-state index < -0.39 is 0 Å². The molecule has 0 atom stereocenters. The van der Waals surface area contributed by atoms with E-state index in [1.165, 1.54) is 18.1 Å². The number of halogens is 3. The first-order chi connectivity index (χ1) is 9.13. The third-order valence-electron chi connectivity index (χ3n) is 2.30. The van der Waals surface area contributed by atoms with E-state index in [0.717, 1.165) is 9.92 Å². The first-order valence-corrected chi connectivity index (χ1v) is 7.08. The molecule has 0 fully saturated rings. The molecule has 0 saturated carbocycles. The second-order valence-electron chi connectivity index (χ2n) is 3.57. The molecule has 8 heteroatoms. The summed E-state index contributed by atoms with van der Waals surface area (Å²) in [6.45, 7) is 0. The molecular weight excluding hydrogens is 327 g/mol. The van der Waals surface area contributed by atoms with E-state index in [1.54, 1.807) is 28.8 Å². The van der Waals surface area contributed by atoms with E-state index >= 15 is 0 Å². The first kappa shape index (κ1) is 13.0. The summed E-state index contributed by atoms with van der Waals surface area (Å²) in [6.07, 6.45) is 1.42. The number of fused-ring (bicyclic) bond motifs is 1. The number of hydrogen-bond donors (Lipinski definition) is 0. The zero-order chi connectivity index (χ0) is 13.4. The zero-order valence-electron chi connectivity index (χ0n) is 9.22. The van der Waals surface area contributed by atoms with Crippen LogP contribution in [-0.4, -0.2) is 19.6 Å². The van der Waals surface area contributed by atoms with Crippen LogP contribution >= 0.6 is 46.6 Å². The van der Waals surface area contributed by atoms with Gasteiger partial charge < -0.3 is 0 Å². The Bertz CT molecular complexity index is 759. The average Bonchev–Trinajstić information content (AvgIpc) is 2.82. The molecule has 3 rings (SSSR count). The van der Waals surface area contributed by atoms with Crippen LogP contribution in [0.4, 0.5) is 0 Å². The Morgan fingerprint density at radius 1 is 1.11 bits per heavy atom. The molecule has 19 heavy (non-hydrogen) atoms. The predicted octanol–water partition coefficient (Wildman–Crippen LogP) is 4.24. The molecular formula is C11H5Cl3N4S. The predicted molar refractivity (Wildman–Crippen MR) is 76.4 cm³/mol. The highest BCUT2D eigenvalue weighted by molar-refractivity contribution is 7.99. The summed E-state index contributed by atoms with van der Waals surface area (Å²) in [5.74, 6) is 0.438. The van der Waals surface area contributed by atoms with Gasteiger partial charge in [0.1, 0.15) is 16.5 Å². The fourth-order valence-corrected chi connectivity index (χ4v) is 3.17. The Labute approximate surface area is 127 Å². The smallest absolute Gasteiger partial charge is 0.199 e.